The molecule has 1 aliphatic rings. The quantitative estimate of drug-likeness (QED) is 0.878. The molecule has 0 aliphatic carbocycles. The summed E-state index contributed by atoms with van der Waals surface area (Å²) < 4.78 is 2.80. The molecule has 2 N–H and O–H groups in total. The molecule has 6 nitrogen and oxygen atoms in total. The molecule has 0 unspecified atom stereocenters. The zero-order chi connectivity index (χ0) is 15.5. The minimum atomic E-state index is -0.231. The van der Waals surface area contributed by atoms with E-state index in [0.717, 1.165) is 41.7 Å². The van der Waals surface area contributed by atoms with E-state index >= 15 is 0 Å². The summed E-state index contributed by atoms with van der Waals surface area (Å²) in [6.45, 7) is 3.90. The molecule has 0 atom stereocenters. The lowest BCUT2D eigenvalue weighted by Crippen LogP contribution is -2.29. The average molecular weight is 364 g/mol. The second-order valence-corrected chi connectivity index (χ2v) is 6.39. The molecular formula is C15H18BrN5O. The van der Waals surface area contributed by atoms with E-state index in [1.165, 1.54) is 0 Å². The maximum Gasteiger partial charge on any atom is 0.277 e. The number of hydrogen-bond acceptors (Lipinski definition) is 4. The van der Waals surface area contributed by atoms with Gasteiger partial charge in [-0.1, -0.05) is 21.1 Å². The molecule has 7 heteroatoms. The summed E-state index contributed by atoms with van der Waals surface area (Å²) >= 11 is 3.41. The summed E-state index contributed by atoms with van der Waals surface area (Å²) in [5.74, 6) is -0.231. The Morgan fingerprint density at radius 2 is 2.18 bits per heavy atom. The number of carbonyl (C=O) groups is 1. The van der Waals surface area contributed by atoms with Gasteiger partial charge in [-0.3, -0.25) is 4.79 Å². The molecule has 3 rings (SSSR count). The van der Waals surface area contributed by atoms with Crippen LogP contribution in [0.25, 0.3) is 0 Å². The normalized spacial score (nSPS) is 15.7. The van der Waals surface area contributed by atoms with Crippen LogP contribution in [-0.4, -0.2) is 34.0 Å². The molecule has 0 bridgehead atoms. The van der Waals surface area contributed by atoms with E-state index in [1.807, 2.05) is 29.8 Å². The lowest BCUT2D eigenvalue weighted by Gasteiger charge is -2.22. The van der Waals surface area contributed by atoms with Gasteiger partial charge in [0.25, 0.3) is 5.91 Å². The van der Waals surface area contributed by atoms with E-state index in [9.17, 15) is 4.79 Å². The molecule has 1 amide bonds. The van der Waals surface area contributed by atoms with Crippen molar-refractivity contribution >= 4 is 27.5 Å². The van der Waals surface area contributed by atoms with E-state index in [2.05, 4.69) is 36.9 Å². The second-order valence-electron chi connectivity index (χ2n) is 5.48. The molecule has 116 valence electrons. The predicted molar refractivity (Wildman–Crippen MR) is 88.0 cm³/mol. The molecule has 0 radical (unpaired) electrons. The minimum absolute atomic E-state index is 0.231. The highest BCUT2D eigenvalue weighted by atomic mass is 79.9. The molecule has 1 aromatic carbocycles. The van der Waals surface area contributed by atoms with E-state index in [-0.39, 0.29) is 5.91 Å². The second kappa shape index (κ2) is 6.58. The van der Waals surface area contributed by atoms with Crippen molar-refractivity contribution in [1.29, 1.82) is 0 Å². The molecule has 1 saturated heterocycles. The van der Waals surface area contributed by atoms with Crippen LogP contribution < -0.4 is 10.6 Å². The number of nitrogens with zero attached hydrogens (tertiary/aromatic N) is 3. The number of piperidine rings is 1. The van der Waals surface area contributed by atoms with Gasteiger partial charge in [-0.2, -0.15) is 0 Å². The zero-order valence-corrected chi connectivity index (χ0v) is 13.9. The van der Waals surface area contributed by atoms with Gasteiger partial charge in [-0.05, 0) is 56.6 Å². The van der Waals surface area contributed by atoms with Gasteiger partial charge in [-0.25, -0.2) is 4.68 Å². The van der Waals surface area contributed by atoms with Crippen LogP contribution in [0.5, 0.6) is 0 Å². The van der Waals surface area contributed by atoms with Gasteiger partial charge in [0.15, 0.2) is 5.69 Å². The number of carbonyl (C=O) groups excluding carboxylic acids is 1. The fourth-order valence-electron chi connectivity index (χ4n) is 2.58. The van der Waals surface area contributed by atoms with Crippen molar-refractivity contribution in [2.75, 3.05) is 18.4 Å². The van der Waals surface area contributed by atoms with Gasteiger partial charge < -0.3 is 10.6 Å². The topological polar surface area (TPSA) is 71.8 Å². The van der Waals surface area contributed by atoms with Crippen molar-refractivity contribution in [3.63, 3.8) is 0 Å². The first-order valence-electron chi connectivity index (χ1n) is 7.33. The Kier molecular flexibility index (Phi) is 4.54. The Morgan fingerprint density at radius 3 is 2.91 bits per heavy atom. The van der Waals surface area contributed by atoms with Crippen LogP contribution in [0, 0.1) is 6.92 Å². The van der Waals surface area contributed by atoms with Crippen LogP contribution >= 0.6 is 15.9 Å². The third kappa shape index (κ3) is 3.36. The van der Waals surface area contributed by atoms with E-state index in [0.29, 0.717) is 11.7 Å². The van der Waals surface area contributed by atoms with Gasteiger partial charge in [0, 0.05) is 10.2 Å². The SMILES string of the molecule is Cc1cc(Br)ccc1NC(=O)c1cn(C2CCNCC2)nn1. The Balaban J connectivity index is 1.71. The number of halogens is 1. The smallest absolute Gasteiger partial charge is 0.277 e. The largest absolute Gasteiger partial charge is 0.320 e. The van der Waals surface area contributed by atoms with Crippen molar-refractivity contribution in [1.82, 2.24) is 20.3 Å². The number of amides is 1. The monoisotopic (exact) mass is 363 g/mol. The van der Waals surface area contributed by atoms with E-state index < -0.39 is 0 Å². The number of rotatable bonds is 3. The number of anilines is 1. The molecule has 2 heterocycles. The fraction of sp³-hybridized carbons (Fsp3) is 0.400. The molecule has 0 saturated carbocycles. The summed E-state index contributed by atoms with van der Waals surface area (Å²) in [5.41, 5.74) is 2.12. The molecule has 1 aromatic heterocycles. The van der Waals surface area contributed by atoms with Gasteiger partial charge in [0.1, 0.15) is 0 Å². The van der Waals surface area contributed by atoms with Crippen LogP contribution in [-0.2, 0) is 0 Å². The number of benzene rings is 1. The van der Waals surface area contributed by atoms with Crippen LogP contribution in [0.15, 0.2) is 28.9 Å². The van der Waals surface area contributed by atoms with Gasteiger partial charge >= 0.3 is 0 Å². The fourth-order valence-corrected chi connectivity index (χ4v) is 3.06. The molecule has 22 heavy (non-hydrogen) atoms. The highest BCUT2D eigenvalue weighted by molar-refractivity contribution is 9.10. The summed E-state index contributed by atoms with van der Waals surface area (Å²) in [6, 6.07) is 6.05. The summed E-state index contributed by atoms with van der Waals surface area (Å²) in [5, 5.41) is 14.3. The van der Waals surface area contributed by atoms with E-state index in [4.69, 9.17) is 0 Å². The van der Waals surface area contributed by atoms with Crippen molar-refractivity contribution in [2.24, 2.45) is 0 Å². The maximum atomic E-state index is 12.3. The Morgan fingerprint density at radius 1 is 1.41 bits per heavy atom. The highest BCUT2D eigenvalue weighted by Crippen LogP contribution is 2.21. The van der Waals surface area contributed by atoms with Crippen LogP contribution in [0.3, 0.4) is 0 Å². The van der Waals surface area contributed by atoms with Crippen LogP contribution in [0.1, 0.15) is 34.9 Å². The minimum Gasteiger partial charge on any atom is -0.320 e. The molecular weight excluding hydrogens is 346 g/mol. The Bertz CT molecular complexity index is 678. The van der Waals surface area contributed by atoms with Crippen LogP contribution in [0.2, 0.25) is 0 Å². The third-order valence-electron chi connectivity index (χ3n) is 3.86. The number of hydrogen-bond donors (Lipinski definition) is 2. The third-order valence-corrected chi connectivity index (χ3v) is 4.36. The lowest BCUT2D eigenvalue weighted by molar-refractivity contribution is 0.102. The molecule has 1 aliphatic heterocycles. The number of nitrogens with one attached hydrogen (secondary N) is 2. The number of aryl methyl sites for hydroxylation is 1. The summed E-state index contributed by atoms with van der Waals surface area (Å²) in [7, 11) is 0. The Labute approximate surface area is 137 Å². The van der Waals surface area contributed by atoms with Gasteiger partial charge in [0.2, 0.25) is 0 Å². The summed E-state index contributed by atoms with van der Waals surface area (Å²) in [6.07, 6.45) is 3.76. The van der Waals surface area contributed by atoms with Gasteiger partial charge in [-0.15, -0.1) is 5.10 Å². The first-order valence-corrected chi connectivity index (χ1v) is 8.13. The Hall–Kier alpha value is -1.73. The standard InChI is InChI=1S/C15H18BrN5O/c1-10-8-11(16)2-3-13(10)18-15(22)14-9-21(20-19-14)12-4-6-17-7-5-12/h2-3,8-9,12,17H,4-7H2,1H3,(H,18,22). The van der Waals surface area contributed by atoms with Crippen molar-refractivity contribution in [3.8, 4) is 0 Å². The van der Waals surface area contributed by atoms with Crippen molar-refractivity contribution < 1.29 is 4.79 Å². The van der Waals surface area contributed by atoms with E-state index in [1.54, 1.807) is 6.20 Å². The molecule has 0 spiro atoms. The highest BCUT2D eigenvalue weighted by Gasteiger charge is 2.19. The van der Waals surface area contributed by atoms with Gasteiger partial charge in [0.05, 0.1) is 12.2 Å². The predicted octanol–water partition coefficient (Wildman–Crippen LogP) is 2.53. The van der Waals surface area contributed by atoms with Crippen LogP contribution in [0.4, 0.5) is 5.69 Å². The maximum absolute atomic E-state index is 12.3. The van der Waals surface area contributed by atoms with Crippen molar-refractivity contribution in [2.45, 2.75) is 25.8 Å². The van der Waals surface area contributed by atoms with Crippen molar-refractivity contribution in [3.05, 3.63) is 40.1 Å². The lowest BCUT2D eigenvalue weighted by atomic mass is 10.1. The average Bonchev–Trinajstić information content (AvgIpc) is 3.01. The summed E-state index contributed by atoms with van der Waals surface area (Å²) in [4.78, 5) is 12.3. The first kappa shape index (κ1) is 15.2. The molecule has 1 fully saturated rings. The number of aromatic nitrogens is 3. The molecule has 2 aromatic rings. The first-order chi connectivity index (χ1) is 10.6. The zero-order valence-electron chi connectivity index (χ0n) is 12.3.